The Morgan fingerprint density at radius 3 is 2.06 bits per heavy atom. The van der Waals surface area contributed by atoms with Gasteiger partial charge < -0.3 is 11.5 Å². The minimum Gasteiger partial charge on any atom is -0.330 e. The summed E-state index contributed by atoms with van der Waals surface area (Å²) in [7, 11) is 0. The molecule has 0 bridgehead atoms. The molecule has 0 heterocycles. The minimum absolute atomic E-state index is 0. The van der Waals surface area contributed by atoms with Crippen LogP contribution in [0, 0.1) is 17.5 Å². The van der Waals surface area contributed by atoms with Gasteiger partial charge in [-0.1, -0.05) is 6.42 Å². The van der Waals surface area contributed by atoms with E-state index in [-0.39, 0.29) is 18.0 Å². The SMILES string of the molecule is Cl.NCCCC[C@H](N)c1c(F)cc(F)cc1F. The minimum atomic E-state index is -0.937. The molecule has 0 saturated heterocycles. The van der Waals surface area contributed by atoms with Gasteiger partial charge in [0.2, 0.25) is 0 Å². The maximum absolute atomic E-state index is 13.3. The monoisotopic (exact) mass is 268 g/mol. The fourth-order valence-corrected chi connectivity index (χ4v) is 1.56. The van der Waals surface area contributed by atoms with Crippen molar-refractivity contribution in [1.29, 1.82) is 0 Å². The summed E-state index contributed by atoms with van der Waals surface area (Å²) in [5.41, 5.74) is 10.7. The van der Waals surface area contributed by atoms with Crippen molar-refractivity contribution in [3.05, 3.63) is 35.1 Å². The van der Waals surface area contributed by atoms with Crippen LogP contribution in [0.1, 0.15) is 30.9 Å². The van der Waals surface area contributed by atoms with Gasteiger partial charge in [0.05, 0.1) is 0 Å². The number of hydrogen-bond acceptors (Lipinski definition) is 2. The van der Waals surface area contributed by atoms with Crippen molar-refractivity contribution in [2.45, 2.75) is 25.3 Å². The highest BCUT2D eigenvalue weighted by Gasteiger charge is 2.17. The van der Waals surface area contributed by atoms with Gasteiger partial charge in [-0.05, 0) is 19.4 Å². The van der Waals surface area contributed by atoms with Crippen LogP contribution in [-0.2, 0) is 0 Å². The van der Waals surface area contributed by atoms with Crippen LogP contribution >= 0.6 is 12.4 Å². The number of hydrogen-bond donors (Lipinski definition) is 2. The highest BCUT2D eigenvalue weighted by molar-refractivity contribution is 5.85. The summed E-state index contributed by atoms with van der Waals surface area (Å²) in [6, 6.07) is 0.523. The molecule has 1 aromatic carbocycles. The Bertz CT molecular complexity index is 338. The lowest BCUT2D eigenvalue weighted by Crippen LogP contribution is -2.15. The molecular formula is C11H16ClF3N2. The highest BCUT2D eigenvalue weighted by atomic mass is 35.5. The summed E-state index contributed by atoms with van der Waals surface area (Å²) >= 11 is 0. The smallest absolute Gasteiger partial charge is 0.133 e. The van der Waals surface area contributed by atoms with Crippen LogP contribution in [0.4, 0.5) is 13.2 Å². The predicted molar refractivity (Wildman–Crippen MR) is 63.4 cm³/mol. The van der Waals surface area contributed by atoms with Crippen molar-refractivity contribution in [3.8, 4) is 0 Å². The van der Waals surface area contributed by atoms with Gasteiger partial charge in [-0.3, -0.25) is 0 Å². The number of rotatable bonds is 5. The molecule has 1 rings (SSSR count). The molecule has 0 radical (unpaired) electrons. The van der Waals surface area contributed by atoms with Crippen molar-refractivity contribution in [2.24, 2.45) is 11.5 Å². The average Bonchev–Trinajstić information content (AvgIpc) is 2.16. The molecule has 0 unspecified atom stereocenters. The molecule has 4 N–H and O–H groups in total. The molecule has 0 aliphatic rings. The van der Waals surface area contributed by atoms with E-state index in [0.29, 0.717) is 31.5 Å². The van der Waals surface area contributed by atoms with Crippen LogP contribution in [0.2, 0.25) is 0 Å². The fourth-order valence-electron chi connectivity index (χ4n) is 1.56. The Balaban J connectivity index is 0.00000256. The Hall–Kier alpha value is -0.780. The second-order valence-corrected chi connectivity index (χ2v) is 3.67. The zero-order valence-electron chi connectivity index (χ0n) is 9.26. The Morgan fingerprint density at radius 1 is 1.06 bits per heavy atom. The topological polar surface area (TPSA) is 52.0 Å². The van der Waals surface area contributed by atoms with Crippen molar-refractivity contribution >= 4 is 12.4 Å². The maximum Gasteiger partial charge on any atom is 0.133 e. The Labute approximate surface area is 105 Å². The second-order valence-electron chi connectivity index (χ2n) is 3.67. The van der Waals surface area contributed by atoms with Crippen LogP contribution in [0.25, 0.3) is 0 Å². The van der Waals surface area contributed by atoms with E-state index in [1.54, 1.807) is 0 Å². The third-order valence-corrected chi connectivity index (χ3v) is 2.38. The maximum atomic E-state index is 13.3. The van der Waals surface area contributed by atoms with Crippen LogP contribution in [0.15, 0.2) is 12.1 Å². The molecule has 0 saturated carbocycles. The molecule has 0 fully saturated rings. The van der Waals surface area contributed by atoms with Crippen molar-refractivity contribution in [2.75, 3.05) is 6.54 Å². The second kappa shape index (κ2) is 7.53. The molecule has 0 amide bonds. The predicted octanol–water partition coefficient (Wildman–Crippen LogP) is 2.65. The van der Waals surface area contributed by atoms with E-state index in [1.165, 1.54) is 0 Å². The van der Waals surface area contributed by atoms with Crippen molar-refractivity contribution in [1.82, 2.24) is 0 Å². The molecule has 1 atom stereocenters. The van der Waals surface area contributed by atoms with Gasteiger partial charge in [0.25, 0.3) is 0 Å². The fraction of sp³-hybridized carbons (Fsp3) is 0.455. The van der Waals surface area contributed by atoms with E-state index < -0.39 is 23.5 Å². The van der Waals surface area contributed by atoms with Crippen LogP contribution in [0.5, 0.6) is 0 Å². The van der Waals surface area contributed by atoms with Crippen LogP contribution < -0.4 is 11.5 Å². The molecule has 17 heavy (non-hydrogen) atoms. The molecule has 2 nitrogen and oxygen atoms in total. The van der Waals surface area contributed by atoms with Crippen LogP contribution in [0.3, 0.4) is 0 Å². The van der Waals surface area contributed by atoms with Gasteiger partial charge in [-0.15, -0.1) is 12.4 Å². The third-order valence-electron chi connectivity index (χ3n) is 2.38. The first-order chi connectivity index (χ1) is 7.56. The molecule has 0 spiro atoms. The number of benzene rings is 1. The van der Waals surface area contributed by atoms with Gasteiger partial charge in [0.1, 0.15) is 17.5 Å². The summed E-state index contributed by atoms with van der Waals surface area (Å²) in [4.78, 5) is 0. The lowest BCUT2D eigenvalue weighted by Gasteiger charge is -2.13. The summed E-state index contributed by atoms with van der Waals surface area (Å²) in [5.74, 6) is -2.80. The van der Waals surface area contributed by atoms with E-state index in [0.717, 1.165) is 6.42 Å². The highest BCUT2D eigenvalue weighted by Crippen LogP contribution is 2.23. The lowest BCUT2D eigenvalue weighted by atomic mass is 10.0. The van der Waals surface area contributed by atoms with Crippen molar-refractivity contribution in [3.63, 3.8) is 0 Å². The van der Waals surface area contributed by atoms with E-state index >= 15 is 0 Å². The number of halogens is 4. The first-order valence-electron chi connectivity index (χ1n) is 5.16. The summed E-state index contributed by atoms with van der Waals surface area (Å²) in [6.45, 7) is 0.515. The zero-order chi connectivity index (χ0) is 12.1. The average molecular weight is 269 g/mol. The quantitative estimate of drug-likeness (QED) is 0.807. The van der Waals surface area contributed by atoms with E-state index in [1.807, 2.05) is 0 Å². The van der Waals surface area contributed by atoms with E-state index in [2.05, 4.69) is 0 Å². The van der Waals surface area contributed by atoms with Gasteiger partial charge in [0, 0.05) is 23.7 Å². The van der Waals surface area contributed by atoms with Gasteiger partial charge in [-0.25, -0.2) is 13.2 Å². The van der Waals surface area contributed by atoms with Gasteiger partial charge in [0.15, 0.2) is 0 Å². The molecular weight excluding hydrogens is 253 g/mol. The molecule has 0 aliphatic carbocycles. The first-order valence-corrected chi connectivity index (χ1v) is 5.16. The van der Waals surface area contributed by atoms with Gasteiger partial charge in [-0.2, -0.15) is 0 Å². The van der Waals surface area contributed by atoms with E-state index in [4.69, 9.17) is 11.5 Å². The summed E-state index contributed by atoms with van der Waals surface area (Å²) < 4.78 is 39.2. The van der Waals surface area contributed by atoms with E-state index in [9.17, 15) is 13.2 Å². The van der Waals surface area contributed by atoms with Crippen LogP contribution in [-0.4, -0.2) is 6.54 Å². The Morgan fingerprint density at radius 2 is 1.59 bits per heavy atom. The Kier molecular flexibility index (Phi) is 7.18. The zero-order valence-corrected chi connectivity index (χ0v) is 10.1. The standard InChI is InChI=1S/C11H15F3N2.ClH/c12-7-5-8(13)11(9(14)6-7)10(16)3-1-2-4-15;/h5-6,10H,1-4,15-16H2;1H/t10-;/m0./s1. The molecule has 6 heteroatoms. The summed E-state index contributed by atoms with van der Waals surface area (Å²) in [5, 5.41) is 0. The number of nitrogens with two attached hydrogens (primary N) is 2. The third kappa shape index (κ3) is 4.53. The molecule has 1 aromatic rings. The van der Waals surface area contributed by atoms with Crippen molar-refractivity contribution < 1.29 is 13.2 Å². The molecule has 0 aliphatic heterocycles. The first kappa shape index (κ1) is 16.2. The van der Waals surface area contributed by atoms with Gasteiger partial charge >= 0.3 is 0 Å². The summed E-state index contributed by atoms with van der Waals surface area (Å²) in [6.07, 6.45) is 1.86. The normalized spacial score (nSPS) is 12.1. The molecule has 98 valence electrons. The molecule has 0 aromatic heterocycles. The largest absolute Gasteiger partial charge is 0.330 e. The lowest BCUT2D eigenvalue weighted by molar-refractivity contribution is 0.484. The number of unbranched alkanes of at least 4 members (excludes halogenated alkanes) is 1.